The maximum atomic E-state index is 13.5. The van der Waals surface area contributed by atoms with Gasteiger partial charge in [-0.05, 0) is 48.9 Å². The smallest absolute Gasteiger partial charge is 0.220 e. The number of hydrogen-bond acceptors (Lipinski definition) is 7. The Hall–Kier alpha value is -4.53. The lowest BCUT2D eigenvalue weighted by Gasteiger charge is -2.18. The van der Waals surface area contributed by atoms with Gasteiger partial charge in [0, 0.05) is 48.7 Å². The highest BCUT2D eigenvalue weighted by Gasteiger charge is 2.21. The van der Waals surface area contributed by atoms with Crippen LogP contribution in [0.3, 0.4) is 0 Å². The predicted molar refractivity (Wildman–Crippen MR) is 133 cm³/mol. The maximum Gasteiger partial charge on any atom is 0.220 e. The zero-order valence-electron chi connectivity index (χ0n) is 19.1. The predicted octanol–water partition coefficient (Wildman–Crippen LogP) is 4.89. The first-order chi connectivity index (χ1) is 17.0. The summed E-state index contributed by atoms with van der Waals surface area (Å²) in [5.41, 5.74) is 11.8. The number of anilines is 1. The van der Waals surface area contributed by atoms with Crippen molar-refractivity contribution in [2.75, 3.05) is 5.73 Å². The molecule has 0 bridgehead atoms. The van der Waals surface area contributed by atoms with Gasteiger partial charge in [0.25, 0.3) is 0 Å². The van der Waals surface area contributed by atoms with E-state index in [4.69, 9.17) is 11.1 Å². The fourth-order valence-corrected chi connectivity index (χ4v) is 4.23. The largest absolute Gasteiger partial charge is 0.368 e. The van der Waals surface area contributed by atoms with Crippen LogP contribution in [-0.2, 0) is 6.42 Å². The molecule has 3 heterocycles. The standard InChI is InChI=1S/C26H23FN8/c1-16(13-20(28)14-18-3-2-4-21-23(18)31-12-11-30-21)35-15-33-24(17-5-7-19(27)8-6-17)25(35)22-9-10-32-26(29)34-22/h2-12,15-16,28H,13-14H2,1H3,(H2,29,32,34). The Kier molecular flexibility index (Phi) is 5.97. The molecule has 0 amide bonds. The molecule has 3 N–H and O–H groups in total. The third-order valence-corrected chi connectivity index (χ3v) is 5.83. The number of hydrogen-bond donors (Lipinski definition) is 2. The number of nitrogens with two attached hydrogens (primary N) is 1. The Morgan fingerprint density at radius 1 is 1.00 bits per heavy atom. The van der Waals surface area contributed by atoms with Crippen LogP contribution in [0.2, 0.25) is 0 Å². The number of benzene rings is 2. The van der Waals surface area contributed by atoms with E-state index in [2.05, 4.69) is 24.9 Å². The van der Waals surface area contributed by atoms with Crippen molar-refractivity contribution in [3.05, 3.63) is 84.8 Å². The van der Waals surface area contributed by atoms with Crippen molar-refractivity contribution in [2.24, 2.45) is 0 Å². The molecule has 3 aromatic heterocycles. The Morgan fingerprint density at radius 3 is 2.60 bits per heavy atom. The number of para-hydroxylation sites is 1. The van der Waals surface area contributed by atoms with E-state index in [0.29, 0.717) is 29.9 Å². The van der Waals surface area contributed by atoms with Crippen LogP contribution in [0.4, 0.5) is 10.3 Å². The topological polar surface area (TPSA) is 119 Å². The molecule has 0 saturated heterocycles. The third-order valence-electron chi connectivity index (χ3n) is 5.83. The van der Waals surface area contributed by atoms with Crippen LogP contribution in [0.1, 0.15) is 24.9 Å². The first-order valence-corrected chi connectivity index (χ1v) is 11.2. The summed E-state index contributed by atoms with van der Waals surface area (Å²) in [6.07, 6.45) is 7.61. The van der Waals surface area contributed by atoms with E-state index < -0.39 is 0 Å². The molecular formula is C26H23FN8. The fraction of sp³-hybridized carbons (Fsp3) is 0.154. The molecule has 0 saturated carbocycles. The quantitative estimate of drug-likeness (QED) is 0.330. The molecule has 0 aliphatic carbocycles. The molecule has 0 radical (unpaired) electrons. The Labute approximate surface area is 201 Å². The average Bonchev–Trinajstić information content (AvgIpc) is 3.30. The minimum absolute atomic E-state index is 0.101. The highest BCUT2D eigenvalue weighted by atomic mass is 19.1. The number of imidazole rings is 1. The number of nitrogens with zero attached hydrogens (tertiary/aromatic N) is 6. The van der Waals surface area contributed by atoms with Gasteiger partial charge in [0.1, 0.15) is 5.82 Å². The van der Waals surface area contributed by atoms with E-state index in [9.17, 15) is 4.39 Å². The van der Waals surface area contributed by atoms with Crippen molar-refractivity contribution < 1.29 is 4.39 Å². The van der Waals surface area contributed by atoms with Crippen LogP contribution in [0.5, 0.6) is 0 Å². The van der Waals surface area contributed by atoms with Gasteiger partial charge >= 0.3 is 0 Å². The zero-order valence-corrected chi connectivity index (χ0v) is 19.1. The van der Waals surface area contributed by atoms with Crippen LogP contribution in [0, 0.1) is 11.2 Å². The van der Waals surface area contributed by atoms with Gasteiger partial charge in [-0.3, -0.25) is 9.97 Å². The van der Waals surface area contributed by atoms with Gasteiger partial charge in [0.2, 0.25) is 5.95 Å². The molecule has 35 heavy (non-hydrogen) atoms. The second-order valence-electron chi connectivity index (χ2n) is 8.33. The third kappa shape index (κ3) is 4.61. The summed E-state index contributed by atoms with van der Waals surface area (Å²) in [4.78, 5) is 21.8. The van der Waals surface area contributed by atoms with Crippen molar-refractivity contribution in [3.63, 3.8) is 0 Å². The Balaban J connectivity index is 1.46. The number of fused-ring (bicyclic) bond motifs is 1. The monoisotopic (exact) mass is 466 g/mol. The van der Waals surface area contributed by atoms with Gasteiger partial charge in [-0.15, -0.1) is 0 Å². The van der Waals surface area contributed by atoms with Gasteiger partial charge in [-0.2, -0.15) is 0 Å². The van der Waals surface area contributed by atoms with Gasteiger partial charge in [-0.1, -0.05) is 12.1 Å². The molecule has 5 aromatic rings. The molecule has 1 unspecified atom stereocenters. The number of aromatic nitrogens is 6. The molecule has 1 atom stereocenters. The summed E-state index contributed by atoms with van der Waals surface area (Å²) in [5.74, 6) is -0.168. The van der Waals surface area contributed by atoms with Crippen LogP contribution < -0.4 is 5.73 Å². The normalized spacial score (nSPS) is 12.1. The molecule has 174 valence electrons. The first-order valence-electron chi connectivity index (χ1n) is 11.2. The van der Waals surface area contributed by atoms with Crippen molar-refractivity contribution in [1.82, 2.24) is 29.5 Å². The molecule has 0 aliphatic rings. The van der Waals surface area contributed by atoms with Crippen molar-refractivity contribution in [3.8, 4) is 22.6 Å². The minimum atomic E-state index is -0.319. The molecule has 0 spiro atoms. The summed E-state index contributed by atoms with van der Waals surface area (Å²) in [6, 6.07) is 13.7. The molecule has 8 nitrogen and oxygen atoms in total. The molecule has 9 heteroatoms. The SMILES string of the molecule is CC(CC(=N)Cc1cccc2nccnc12)n1cnc(-c2ccc(F)cc2)c1-c1ccnc(N)n1. The van der Waals surface area contributed by atoms with Crippen LogP contribution in [0.15, 0.2) is 73.4 Å². The van der Waals surface area contributed by atoms with Crippen LogP contribution >= 0.6 is 0 Å². The minimum Gasteiger partial charge on any atom is -0.368 e. The summed E-state index contributed by atoms with van der Waals surface area (Å²) in [5, 5.41) is 8.72. The van der Waals surface area contributed by atoms with E-state index >= 15 is 0 Å². The van der Waals surface area contributed by atoms with Crippen LogP contribution in [0.25, 0.3) is 33.7 Å². The highest BCUT2D eigenvalue weighted by Crippen LogP contribution is 2.33. The lowest BCUT2D eigenvalue weighted by Crippen LogP contribution is -2.13. The number of rotatable bonds is 7. The van der Waals surface area contributed by atoms with Crippen molar-refractivity contribution >= 4 is 22.7 Å². The number of nitrogen functional groups attached to an aromatic ring is 1. The van der Waals surface area contributed by atoms with E-state index in [1.165, 1.54) is 12.1 Å². The summed E-state index contributed by atoms with van der Waals surface area (Å²) in [7, 11) is 0. The summed E-state index contributed by atoms with van der Waals surface area (Å²) < 4.78 is 15.5. The lowest BCUT2D eigenvalue weighted by molar-refractivity contribution is 0.568. The van der Waals surface area contributed by atoms with E-state index in [0.717, 1.165) is 27.9 Å². The molecule has 0 aliphatic heterocycles. The highest BCUT2D eigenvalue weighted by molar-refractivity contribution is 5.89. The Bertz CT molecular complexity index is 1500. The van der Waals surface area contributed by atoms with E-state index in [1.54, 1.807) is 43.1 Å². The Morgan fingerprint density at radius 2 is 1.80 bits per heavy atom. The second-order valence-corrected chi connectivity index (χ2v) is 8.33. The molecule has 2 aromatic carbocycles. The van der Waals surface area contributed by atoms with Crippen LogP contribution in [-0.4, -0.2) is 35.2 Å². The van der Waals surface area contributed by atoms with Gasteiger partial charge in [0.15, 0.2) is 0 Å². The molecular weight excluding hydrogens is 443 g/mol. The van der Waals surface area contributed by atoms with Gasteiger partial charge in [0.05, 0.1) is 34.4 Å². The van der Waals surface area contributed by atoms with Gasteiger partial charge < -0.3 is 15.7 Å². The average molecular weight is 467 g/mol. The van der Waals surface area contributed by atoms with E-state index in [-0.39, 0.29) is 17.8 Å². The summed E-state index contributed by atoms with van der Waals surface area (Å²) >= 11 is 0. The second kappa shape index (κ2) is 9.38. The zero-order chi connectivity index (χ0) is 24.4. The number of halogens is 1. The first kappa shape index (κ1) is 22.3. The summed E-state index contributed by atoms with van der Waals surface area (Å²) in [6.45, 7) is 2.03. The van der Waals surface area contributed by atoms with Gasteiger partial charge in [-0.25, -0.2) is 19.3 Å². The maximum absolute atomic E-state index is 13.5. The fourth-order valence-electron chi connectivity index (χ4n) is 4.23. The lowest BCUT2D eigenvalue weighted by atomic mass is 10.0. The molecule has 5 rings (SSSR count). The number of nitrogens with one attached hydrogen (secondary N) is 1. The van der Waals surface area contributed by atoms with Crippen molar-refractivity contribution in [1.29, 1.82) is 5.41 Å². The van der Waals surface area contributed by atoms with Crippen molar-refractivity contribution in [2.45, 2.75) is 25.8 Å². The van der Waals surface area contributed by atoms with E-state index in [1.807, 2.05) is 29.7 Å². The molecule has 0 fully saturated rings.